The molecule has 1 saturated carbocycles. The summed E-state index contributed by atoms with van der Waals surface area (Å²) in [6, 6.07) is 0. The lowest BCUT2D eigenvalue weighted by atomic mass is 9.88. The third-order valence-electron chi connectivity index (χ3n) is 3.17. The Balaban J connectivity index is 2.16. The molecule has 0 unspecified atom stereocenters. The number of aromatic nitrogens is 2. The van der Waals surface area contributed by atoms with Crippen LogP contribution in [0.25, 0.3) is 0 Å². The molecule has 1 aliphatic heterocycles. The highest BCUT2D eigenvalue weighted by Gasteiger charge is 2.31. The quantitative estimate of drug-likeness (QED) is 0.722. The van der Waals surface area contributed by atoms with Crippen LogP contribution >= 0.6 is 0 Å². The second-order valence-electron chi connectivity index (χ2n) is 5.79. The molecule has 84 valence electrons. The van der Waals surface area contributed by atoms with Crippen LogP contribution in [0.2, 0.25) is 0 Å². The monoisotopic (exact) mass is 215 g/mol. The number of hydrogen-bond acceptors (Lipinski definition) is 3. The second kappa shape index (κ2) is 3.12. The average Bonchev–Trinajstić information content (AvgIpc) is 2.94. The Kier molecular flexibility index (Phi) is 1.94. The zero-order valence-electron chi connectivity index (χ0n) is 10.1. The highest BCUT2D eigenvalue weighted by Crippen LogP contribution is 2.39. The predicted octanol–water partition coefficient (Wildman–Crippen LogP) is 2.58. The van der Waals surface area contributed by atoms with E-state index in [1.807, 2.05) is 6.21 Å². The molecule has 1 aliphatic carbocycles. The van der Waals surface area contributed by atoms with Crippen molar-refractivity contribution in [3.05, 3.63) is 22.8 Å². The first-order chi connectivity index (χ1) is 7.55. The Labute approximate surface area is 96.0 Å². The molecule has 1 aromatic heterocycles. The van der Waals surface area contributed by atoms with Gasteiger partial charge in [-0.1, -0.05) is 20.8 Å². The maximum Gasteiger partial charge on any atom is 0.132 e. The van der Waals surface area contributed by atoms with Crippen LogP contribution in [0.3, 0.4) is 0 Å². The van der Waals surface area contributed by atoms with E-state index in [0.717, 1.165) is 18.1 Å². The molecule has 0 saturated heterocycles. The molecule has 0 radical (unpaired) electrons. The number of fused-ring (bicyclic) bond motifs is 1. The molecular formula is C13H17N3. The van der Waals surface area contributed by atoms with E-state index in [4.69, 9.17) is 4.98 Å². The van der Waals surface area contributed by atoms with Crippen molar-refractivity contribution < 1.29 is 0 Å². The van der Waals surface area contributed by atoms with E-state index in [1.165, 1.54) is 24.1 Å². The molecule has 0 N–H and O–H groups in total. The van der Waals surface area contributed by atoms with Crippen molar-refractivity contribution in [3.8, 4) is 0 Å². The fourth-order valence-electron chi connectivity index (χ4n) is 2.15. The van der Waals surface area contributed by atoms with Gasteiger partial charge in [0.2, 0.25) is 0 Å². The Bertz CT molecular complexity index is 465. The summed E-state index contributed by atoms with van der Waals surface area (Å²) < 4.78 is 0. The summed E-state index contributed by atoms with van der Waals surface area (Å²) in [7, 11) is 0. The molecular weight excluding hydrogens is 198 g/mol. The highest BCUT2D eigenvalue weighted by molar-refractivity contribution is 5.82. The van der Waals surface area contributed by atoms with Crippen LogP contribution in [-0.2, 0) is 12.0 Å². The second-order valence-corrected chi connectivity index (χ2v) is 5.79. The van der Waals surface area contributed by atoms with Crippen molar-refractivity contribution in [2.45, 2.75) is 51.5 Å². The molecule has 0 bridgehead atoms. The molecule has 3 nitrogen and oxygen atoms in total. The van der Waals surface area contributed by atoms with Gasteiger partial charge >= 0.3 is 0 Å². The van der Waals surface area contributed by atoms with Crippen LogP contribution in [0.4, 0.5) is 0 Å². The molecule has 2 aliphatic rings. The Hall–Kier alpha value is -1.25. The van der Waals surface area contributed by atoms with Crippen LogP contribution in [0, 0.1) is 0 Å². The zero-order valence-corrected chi connectivity index (χ0v) is 10.1. The van der Waals surface area contributed by atoms with E-state index in [1.54, 1.807) is 0 Å². The lowest BCUT2D eigenvalue weighted by Crippen LogP contribution is -2.19. The van der Waals surface area contributed by atoms with Crippen molar-refractivity contribution in [3.63, 3.8) is 0 Å². The fraction of sp³-hybridized carbons (Fsp3) is 0.615. The van der Waals surface area contributed by atoms with E-state index in [9.17, 15) is 0 Å². The van der Waals surface area contributed by atoms with Gasteiger partial charge in [0.25, 0.3) is 0 Å². The maximum absolute atomic E-state index is 4.79. The van der Waals surface area contributed by atoms with Gasteiger partial charge in [-0.2, -0.15) is 0 Å². The maximum atomic E-state index is 4.79. The SMILES string of the molecule is CC(C)(C)c1nc(C2CC2)nc2c1CN=C2. The summed E-state index contributed by atoms with van der Waals surface area (Å²) in [4.78, 5) is 13.7. The van der Waals surface area contributed by atoms with Crippen LogP contribution in [0.1, 0.15) is 62.3 Å². The van der Waals surface area contributed by atoms with Gasteiger partial charge in [-0.3, -0.25) is 4.99 Å². The van der Waals surface area contributed by atoms with Gasteiger partial charge in [-0.15, -0.1) is 0 Å². The molecule has 0 atom stereocenters. The van der Waals surface area contributed by atoms with Crippen LogP contribution in [0.15, 0.2) is 4.99 Å². The molecule has 0 amide bonds. The van der Waals surface area contributed by atoms with Gasteiger partial charge in [0.1, 0.15) is 5.82 Å². The van der Waals surface area contributed by atoms with Gasteiger partial charge in [0.05, 0.1) is 17.9 Å². The van der Waals surface area contributed by atoms with Crippen molar-refractivity contribution in [1.82, 2.24) is 9.97 Å². The first-order valence-corrected chi connectivity index (χ1v) is 5.97. The van der Waals surface area contributed by atoms with E-state index < -0.39 is 0 Å². The standard InChI is InChI=1S/C13H17N3/c1-13(2,3)11-9-6-14-7-10(9)15-12(16-11)8-4-5-8/h7-8H,4-6H2,1-3H3. The zero-order chi connectivity index (χ0) is 11.3. The molecule has 3 rings (SSSR count). The molecule has 1 fully saturated rings. The molecule has 1 aromatic rings. The molecule has 0 aromatic carbocycles. The van der Waals surface area contributed by atoms with E-state index in [0.29, 0.717) is 5.92 Å². The van der Waals surface area contributed by atoms with Crippen molar-refractivity contribution in [2.75, 3.05) is 0 Å². The summed E-state index contributed by atoms with van der Waals surface area (Å²) in [6.07, 6.45) is 4.40. The van der Waals surface area contributed by atoms with Crippen molar-refractivity contribution in [1.29, 1.82) is 0 Å². The number of nitrogens with zero attached hydrogens (tertiary/aromatic N) is 3. The summed E-state index contributed by atoms with van der Waals surface area (Å²) in [5.74, 6) is 1.65. The number of rotatable bonds is 1. The molecule has 16 heavy (non-hydrogen) atoms. The van der Waals surface area contributed by atoms with Gasteiger partial charge in [0.15, 0.2) is 0 Å². The Morgan fingerprint density at radius 1 is 1.19 bits per heavy atom. The van der Waals surface area contributed by atoms with Gasteiger partial charge in [-0.25, -0.2) is 9.97 Å². The molecule has 3 heteroatoms. The summed E-state index contributed by atoms with van der Waals surface area (Å²) >= 11 is 0. The van der Waals surface area contributed by atoms with Gasteiger partial charge < -0.3 is 0 Å². The lowest BCUT2D eigenvalue weighted by Gasteiger charge is -2.21. The lowest BCUT2D eigenvalue weighted by molar-refractivity contribution is 0.554. The highest BCUT2D eigenvalue weighted by atomic mass is 15.0. The fourth-order valence-corrected chi connectivity index (χ4v) is 2.15. The van der Waals surface area contributed by atoms with Crippen molar-refractivity contribution >= 4 is 6.21 Å². The van der Waals surface area contributed by atoms with Crippen LogP contribution < -0.4 is 0 Å². The average molecular weight is 215 g/mol. The van der Waals surface area contributed by atoms with E-state index in [-0.39, 0.29) is 5.41 Å². The van der Waals surface area contributed by atoms with Crippen LogP contribution in [0.5, 0.6) is 0 Å². The predicted molar refractivity (Wildman–Crippen MR) is 64.0 cm³/mol. The third-order valence-corrected chi connectivity index (χ3v) is 3.17. The first kappa shape index (κ1) is 9.94. The summed E-state index contributed by atoms with van der Waals surface area (Å²) in [6.45, 7) is 7.40. The number of aliphatic imine (C=N–C) groups is 1. The smallest absolute Gasteiger partial charge is 0.132 e. The van der Waals surface area contributed by atoms with E-state index >= 15 is 0 Å². The Morgan fingerprint density at radius 3 is 2.56 bits per heavy atom. The third kappa shape index (κ3) is 1.55. The van der Waals surface area contributed by atoms with Gasteiger partial charge in [-0.05, 0) is 12.8 Å². The minimum absolute atomic E-state index is 0.0877. The number of hydrogen-bond donors (Lipinski definition) is 0. The topological polar surface area (TPSA) is 38.1 Å². The minimum Gasteiger partial charge on any atom is -0.286 e. The first-order valence-electron chi connectivity index (χ1n) is 5.97. The largest absolute Gasteiger partial charge is 0.286 e. The van der Waals surface area contributed by atoms with Crippen molar-refractivity contribution in [2.24, 2.45) is 4.99 Å². The van der Waals surface area contributed by atoms with Crippen LogP contribution in [-0.4, -0.2) is 16.2 Å². The molecule has 0 spiro atoms. The Morgan fingerprint density at radius 2 is 1.94 bits per heavy atom. The van der Waals surface area contributed by atoms with Gasteiger partial charge in [0, 0.05) is 23.1 Å². The normalized spacial score (nSPS) is 18.9. The van der Waals surface area contributed by atoms with E-state index in [2.05, 4.69) is 30.7 Å². The summed E-state index contributed by atoms with van der Waals surface area (Å²) in [5, 5.41) is 0. The molecule has 2 heterocycles. The summed E-state index contributed by atoms with van der Waals surface area (Å²) in [5.41, 5.74) is 3.57. The minimum atomic E-state index is 0.0877.